The number of hydrogen-bond acceptors (Lipinski definition) is 16. The third kappa shape index (κ3) is 19.3. The Labute approximate surface area is 516 Å². The number of H-pyrrole nitrogens is 1. The number of rotatable bonds is 13. The van der Waals surface area contributed by atoms with Gasteiger partial charge in [-0.05, 0) is 87.8 Å². The van der Waals surface area contributed by atoms with Crippen molar-refractivity contribution in [1.29, 1.82) is 0 Å². The number of nitrogens with two attached hydrogens (primary N) is 1. The third-order valence-electron chi connectivity index (χ3n) is 15.5. The summed E-state index contributed by atoms with van der Waals surface area (Å²) in [6.07, 6.45) is 2.72. The van der Waals surface area contributed by atoms with E-state index in [9.17, 15) is 67.4 Å². The number of nitrogens with zero attached hydrogens (tertiary/aromatic N) is 2. The van der Waals surface area contributed by atoms with Crippen molar-refractivity contribution in [2.75, 3.05) is 37.7 Å². The maximum absolute atomic E-state index is 14.7. The molecule has 2 aromatic rings. The molecule has 0 unspecified atom stereocenters. The second-order valence-electron chi connectivity index (χ2n) is 23.2. The zero-order chi connectivity index (χ0) is 64.4. The number of hydrogen-bond donors (Lipinski definition) is 15. The Morgan fingerprint density at radius 3 is 1.69 bits per heavy atom. The average Bonchev–Trinajstić information content (AvgIpc) is 1.95. The van der Waals surface area contributed by atoms with Gasteiger partial charge >= 0.3 is 5.97 Å². The zero-order valence-electron chi connectivity index (χ0n) is 50.2. The van der Waals surface area contributed by atoms with Gasteiger partial charge in [0, 0.05) is 48.1 Å². The van der Waals surface area contributed by atoms with E-state index in [1.165, 1.54) is 16.7 Å². The van der Waals surface area contributed by atoms with Gasteiger partial charge in [-0.2, -0.15) is 25.3 Å². The summed E-state index contributed by atoms with van der Waals surface area (Å²) in [6, 6.07) is -7.47. The second kappa shape index (κ2) is 33.0. The summed E-state index contributed by atoms with van der Waals surface area (Å²) in [4.78, 5) is 187. The molecule has 1 aromatic carbocycles. The Balaban J connectivity index is 1.50. The van der Waals surface area contributed by atoms with Crippen LogP contribution in [-0.2, 0) is 68.7 Å². The number of carbonyl (C=O) groups excluding carboxylic acids is 12. The van der Waals surface area contributed by atoms with Gasteiger partial charge in [-0.1, -0.05) is 59.7 Å². The molecule has 3 saturated heterocycles. The summed E-state index contributed by atoms with van der Waals surface area (Å²) in [6.45, 7) is 10.7. The van der Waals surface area contributed by atoms with Gasteiger partial charge in [0.25, 0.3) is 0 Å². The van der Waals surface area contributed by atoms with Crippen molar-refractivity contribution in [2.45, 2.75) is 173 Å². The summed E-state index contributed by atoms with van der Waals surface area (Å²) in [7, 11) is 0. The number of nitrogens with one attached hydrogen (secondary N) is 11. The fourth-order valence-corrected chi connectivity index (χ4v) is 11.1. The highest BCUT2D eigenvalue weighted by Gasteiger charge is 2.45. The first-order valence-electron chi connectivity index (χ1n) is 29.5. The van der Waals surface area contributed by atoms with Gasteiger partial charge in [0.1, 0.15) is 66.5 Å². The smallest absolute Gasteiger partial charge is 0.305 e. The largest absolute Gasteiger partial charge is 0.481 e. The number of aliphatic carboxylic acids is 1. The molecule has 11 atom stereocenters. The third-order valence-corrected chi connectivity index (χ3v) is 16.3. The molecule has 30 heteroatoms. The van der Waals surface area contributed by atoms with E-state index in [0.29, 0.717) is 31.2 Å². The molecule has 28 nitrogen and oxygen atoms in total. The first-order valence-corrected chi connectivity index (χ1v) is 30.8. The maximum Gasteiger partial charge on any atom is 0.305 e. The lowest BCUT2D eigenvalue weighted by molar-refractivity contribution is -0.148. The predicted molar refractivity (Wildman–Crippen MR) is 325 cm³/mol. The molecule has 4 heterocycles. The fraction of sp³-hybridized carbons (Fsp3) is 0.632. The molecule has 87 heavy (non-hydrogen) atoms. The molecule has 0 radical (unpaired) electrons. The number of fused-ring (bicyclic) bond motifs is 3. The van der Waals surface area contributed by atoms with Crippen LogP contribution in [0.2, 0.25) is 0 Å². The zero-order valence-corrected chi connectivity index (χ0v) is 52.0. The Bertz CT molecular complexity index is 2850. The number of aromatic nitrogens is 1. The van der Waals surface area contributed by atoms with Gasteiger partial charge < -0.3 is 78.8 Å². The number of carboxylic acid groups (broad SMARTS) is 1. The normalized spacial score (nSPS) is 27.3. The molecule has 0 aliphatic carbocycles. The molecule has 3 fully saturated rings. The lowest BCUT2D eigenvalue weighted by atomic mass is 10.0. The minimum Gasteiger partial charge on any atom is -0.481 e. The molecule has 5 rings (SSSR count). The minimum atomic E-state index is -1.81. The monoisotopic (exact) mass is 1250 g/mol. The van der Waals surface area contributed by atoms with Crippen LogP contribution in [0.4, 0.5) is 0 Å². The van der Waals surface area contributed by atoms with Crippen LogP contribution in [0.25, 0.3) is 10.9 Å². The molecule has 3 aliphatic heterocycles. The summed E-state index contributed by atoms with van der Waals surface area (Å²) in [5.74, 6) is -13.9. The number of carbonyl (C=O) groups is 13. The summed E-state index contributed by atoms with van der Waals surface area (Å²) >= 11 is 8.52. The summed E-state index contributed by atoms with van der Waals surface area (Å²) < 4.78 is 0. The molecule has 480 valence electrons. The lowest BCUT2D eigenvalue weighted by Gasteiger charge is -2.34. The highest BCUT2D eigenvalue weighted by atomic mass is 32.1. The van der Waals surface area contributed by atoms with E-state index < -0.39 is 174 Å². The number of carboxylic acids is 1. The van der Waals surface area contributed by atoms with Crippen LogP contribution in [0.5, 0.6) is 0 Å². The first-order chi connectivity index (χ1) is 41.2. The summed E-state index contributed by atoms with van der Waals surface area (Å²) in [5.41, 5.74) is 7.19. The Morgan fingerprint density at radius 1 is 0.575 bits per heavy atom. The first kappa shape index (κ1) is 70.3. The molecule has 0 spiro atoms. The standard InChI is InChI=1S/C57H86N14O14S2/c1-28(2)44-54(82)64-37(23-43(73)74)51(79)68-45(29(3)4)55(83)66-39(27-87)52(80)61-31(7)47(75)69-46(30(5)6)57(85)71-21-13-18-41(71)56(84)70-20-12-17-40(70)53(81)63-36(22-32-24-59-34-15-9-8-14-33(32)34)50(78)62-35(16-10-11-19-58)49(77)65-38(26-86)48(76)60-25-42(72)67-44/h8-9,14-15,24,28-31,35-41,44-46,59,86-87H,10-13,16-23,25-27,58H2,1-7H3,(H,60,76)(H,61,80)(H,62,78)(H,63,81)(H,64,82)(H,65,77)(H,66,83)(H,67,72)(H,68,79)(H,69,75)(H,73,74)/t31-,35-,36-,37-,38-,39-,40+,41-,44-,45-,46-/m0/s1. The van der Waals surface area contributed by atoms with Crippen molar-refractivity contribution in [3.8, 4) is 0 Å². The minimum absolute atomic E-state index is 0.0302. The molecule has 1 aromatic heterocycles. The van der Waals surface area contributed by atoms with Gasteiger partial charge in [-0.3, -0.25) is 62.3 Å². The van der Waals surface area contributed by atoms with E-state index in [-0.39, 0.29) is 56.8 Å². The predicted octanol–water partition coefficient (Wildman–Crippen LogP) is -2.36. The molecule has 0 bridgehead atoms. The van der Waals surface area contributed by atoms with E-state index in [2.05, 4.69) is 83.4 Å². The van der Waals surface area contributed by atoms with Gasteiger partial charge in [0.15, 0.2) is 0 Å². The molecule has 12 amide bonds. The molecular weight excluding hydrogens is 1170 g/mol. The molecular formula is C57H86N14O14S2. The number of para-hydroxylation sites is 1. The van der Waals surface area contributed by atoms with E-state index >= 15 is 0 Å². The van der Waals surface area contributed by atoms with Gasteiger partial charge in [-0.15, -0.1) is 0 Å². The van der Waals surface area contributed by atoms with Crippen molar-refractivity contribution in [2.24, 2.45) is 23.5 Å². The van der Waals surface area contributed by atoms with E-state index in [1.807, 2.05) is 18.2 Å². The molecule has 3 aliphatic rings. The topological polar surface area (TPSA) is 411 Å². The number of unbranched alkanes of at least 4 members (excludes halogenated alkanes) is 1. The molecule has 14 N–H and O–H groups in total. The van der Waals surface area contributed by atoms with Crippen molar-refractivity contribution in [1.82, 2.24) is 68.0 Å². The van der Waals surface area contributed by atoms with Crippen LogP contribution in [0, 0.1) is 17.8 Å². The highest BCUT2D eigenvalue weighted by Crippen LogP contribution is 2.27. The highest BCUT2D eigenvalue weighted by molar-refractivity contribution is 7.80. The Kier molecular flexibility index (Phi) is 26.7. The quantitative estimate of drug-likeness (QED) is 0.0737. The lowest BCUT2D eigenvalue weighted by Crippen LogP contribution is -2.62. The van der Waals surface area contributed by atoms with E-state index in [1.54, 1.807) is 53.8 Å². The second-order valence-corrected chi connectivity index (χ2v) is 23.9. The Morgan fingerprint density at radius 2 is 1.08 bits per heavy atom. The van der Waals surface area contributed by atoms with Crippen molar-refractivity contribution >= 4 is 113 Å². The van der Waals surface area contributed by atoms with Crippen LogP contribution in [0.15, 0.2) is 30.5 Å². The SMILES string of the molecule is CC(C)[C@@H]1NC(=O)CNC(=O)[C@H](CS)NC(=O)[C@H](CCCCN)NC(=O)[C@H](Cc2c[nH]c3ccccc23)NC(=O)[C@H]2CCCN2C(=O)[C@@H]2CCCN2C(=O)[C@H](C(C)C)NC(=O)[C@H](C)NC(=O)[C@H](CS)NC(=O)[C@H](C(C)C)NC(=O)[C@H](CC(=O)O)NC1=O. The van der Waals surface area contributed by atoms with Crippen molar-refractivity contribution in [3.63, 3.8) is 0 Å². The van der Waals surface area contributed by atoms with E-state index in [0.717, 1.165) is 10.9 Å². The Hall–Kier alpha value is -7.47. The number of benzene rings is 1. The number of aromatic amines is 1. The van der Waals surface area contributed by atoms with Crippen LogP contribution < -0.4 is 58.9 Å². The van der Waals surface area contributed by atoms with Crippen LogP contribution in [-0.4, -0.2) is 201 Å². The fourth-order valence-electron chi connectivity index (χ4n) is 10.6. The van der Waals surface area contributed by atoms with Crippen LogP contribution in [0.1, 0.15) is 105 Å². The van der Waals surface area contributed by atoms with E-state index in [4.69, 9.17) is 5.73 Å². The van der Waals surface area contributed by atoms with Gasteiger partial charge in [0.2, 0.25) is 70.9 Å². The van der Waals surface area contributed by atoms with Gasteiger partial charge in [0.05, 0.1) is 13.0 Å². The number of amides is 12. The van der Waals surface area contributed by atoms with Crippen LogP contribution >= 0.6 is 25.3 Å². The van der Waals surface area contributed by atoms with Crippen molar-refractivity contribution < 1.29 is 67.4 Å². The van der Waals surface area contributed by atoms with Crippen LogP contribution in [0.3, 0.4) is 0 Å². The maximum atomic E-state index is 14.7. The molecule has 0 saturated carbocycles. The number of thiol groups is 2. The van der Waals surface area contributed by atoms with Gasteiger partial charge in [-0.25, -0.2) is 0 Å². The summed E-state index contributed by atoms with van der Waals surface area (Å²) in [5, 5.41) is 36.1. The average molecular weight is 1260 g/mol. The van der Waals surface area contributed by atoms with Crippen molar-refractivity contribution in [3.05, 3.63) is 36.0 Å².